The van der Waals surface area contributed by atoms with Crippen LogP contribution in [-0.4, -0.2) is 15.6 Å². The van der Waals surface area contributed by atoms with Gasteiger partial charge in [0.15, 0.2) is 0 Å². The molecule has 1 aromatic heterocycles. The Hall–Kier alpha value is -1.95. The second-order valence-corrected chi connectivity index (χ2v) is 4.85. The highest BCUT2D eigenvalue weighted by Gasteiger charge is 2.10. The average Bonchev–Trinajstić information content (AvgIpc) is 2.33. The Labute approximate surface area is 116 Å². The number of hydrogen-bond donors (Lipinski definition) is 1. The molecule has 6 heteroatoms. The highest BCUT2D eigenvalue weighted by molar-refractivity contribution is 9.10. The molecule has 0 aliphatic carbocycles. The summed E-state index contributed by atoms with van der Waals surface area (Å²) in [6, 6.07) is 6.81. The number of aromatic carboxylic acids is 1. The third-order valence-electron chi connectivity index (χ3n) is 2.56. The molecule has 0 unspecified atom stereocenters. The smallest absolute Gasteiger partial charge is 0.338 e. The van der Waals surface area contributed by atoms with Gasteiger partial charge in [-0.05, 0) is 39.7 Å². The molecule has 1 N–H and O–H groups in total. The number of hydrogen-bond acceptors (Lipinski definition) is 2. The normalized spacial score (nSPS) is 10.4. The van der Waals surface area contributed by atoms with Crippen molar-refractivity contribution in [1.82, 2.24) is 4.57 Å². The van der Waals surface area contributed by atoms with E-state index >= 15 is 0 Å². The number of nitrogens with zero attached hydrogens (tertiary/aromatic N) is 1. The lowest BCUT2D eigenvalue weighted by Gasteiger charge is -2.07. The topological polar surface area (TPSA) is 59.3 Å². The molecule has 0 aliphatic rings. The number of carboxylic acid groups (broad SMARTS) is 1. The van der Waals surface area contributed by atoms with Crippen molar-refractivity contribution in [3.63, 3.8) is 0 Å². The van der Waals surface area contributed by atoms with E-state index < -0.39 is 11.8 Å². The summed E-state index contributed by atoms with van der Waals surface area (Å²) in [5.74, 6) is -2.13. The molecule has 0 radical (unpaired) electrons. The van der Waals surface area contributed by atoms with Gasteiger partial charge >= 0.3 is 5.97 Å². The molecule has 0 saturated heterocycles. The highest BCUT2D eigenvalue weighted by Crippen LogP contribution is 2.12. The first-order valence-electron chi connectivity index (χ1n) is 5.35. The van der Waals surface area contributed by atoms with E-state index in [9.17, 15) is 14.0 Å². The average molecular weight is 326 g/mol. The molecule has 4 nitrogen and oxygen atoms in total. The summed E-state index contributed by atoms with van der Waals surface area (Å²) < 4.78 is 15.6. The molecule has 0 amide bonds. The van der Waals surface area contributed by atoms with Gasteiger partial charge in [-0.25, -0.2) is 9.18 Å². The fraction of sp³-hybridized carbons (Fsp3) is 0.0769. The van der Waals surface area contributed by atoms with E-state index in [0.29, 0.717) is 5.56 Å². The minimum atomic E-state index is -1.32. The molecule has 19 heavy (non-hydrogen) atoms. The van der Waals surface area contributed by atoms with Crippen LogP contribution in [0.1, 0.15) is 15.9 Å². The number of aromatic nitrogens is 1. The van der Waals surface area contributed by atoms with Crippen LogP contribution in [0.25, 0.3) is 0 Å². The van der Waals surface area contributed by atoms with E-state index in [0.717, 1.165) is 10.5 Å². The number of benzene rings is 1. The Balaban J connectivity index is 2.34. The van der Waals surface area contributed by atoms with Crippen LogP contribution in [-0.2, 0) is 6.54 Å². The van der Waals surface area contributed by atoms with Crippen LogP contribution in [0, 0.1) is 5.82 Å². The SMILES string of the molecule is O=C(O)c1ccc(Cn2cc(Br)ccc2=O)cc1F. The van der Waals surface area contributed by atoms with Crippen LogP contribution in [0.4, 0.5) is 4.39 Å². The number of carboxylic acids is 1. The van der Waals surface area contributed by atoms with Crippen LogP contribution >= 0.6 is 15.9 Å². The minimum Gasteiger partial charge on any atom is -0.478 e. The molecule has 0 aliphatic heterocycles. The number of pyridine rings is 1. The summed E-state index contributed by atoms with van der Waals surface area (Å²) in [6.07, 6.45) is 1.59. The zero-order chi connectivity index (χ0) is 14.0. The lowest BCUT2D eigenvalue weighted by atomic mass is 10.1. The quantitative estimate of drug-likeness (QED) is 0.943. The molecule has 0 spiro atoms. The Bertz CT molecular complexity index is 697. The molecule has 0 atom stereocenters. The van der Waals surface area contributed by atoms with Gasteiger partial charge in [0.2, 0.25) is 0 Å². The van der Waals surface area contributed by atoms with Gasteiger partial charge in [0.1, 0.15) is 5.82 Å². The molecule has 1 heterocycles. The van der Waals surface area contributed by atoms with Crippen LogP contribution in [0.2, 0.25) is 0 Å². The van der Waals surface area contributed by atoms with Crippen molar-refractivity contribution in [3.05, 3.63) is 68.3 Å². The van der Waals surface area contributed by atoms with Crippen LogP contribution in [0.5, 0.6) is 0 Å². The Kier molecular flexibility index (Phi) is 3.80. The van der Waals surface area contributed by atoms with Gasteiger partial charge in [-0.1, -0.05) is 6.07 Å². The second kappa shape index (κ2) is 5.36. The summed E-state index contributed by atoms with van der Waals surface area (Å²) in [5, 5.41) is 8.73. The van der Waals surface area contributed by atoms with Crippen molar-refractivity contribution in [2.45, 2.75) is 6.54 Å². The lowest BCUT2D eigenvalue weighted by molar-refractivity contribution is 0.0692. The fourth-order valence-corrected chi connectivity index (χ4v) is 2.03. The van der Waals surface area contributed by atoms with Gasteiger partial charge in [0.25, 0.3) is 5.56 Å². The molecule has 0 fully saturated rings. The standard InChI is InChI=1S/C13H9BrFNO3/c14-9-2-4-12(17)16(7-9)6-8-1-3-10(13(18)19)11(15)5-8/h1-5,7H,6H2,(H,18,19). The number of carbonyl (C=O) groups is 1. The summed E-state index contributed by atoms with van der Waals surface area (Å²) in [4.78, 5) is 22.3. The summed E-state index contributed by atoms with van der Waals surface area (Å²) in [6.45, 7) is 0.176. The Morgan fingerprint density at radius 3 is 2.68 bits per heavy atom. The van der Waals surface area contributed by atoms with Gasteiger partial charge in [-0.3, -0.25) is 4.79 Å². The number of rotatable bonds is 3. The second-order valence-electron chi connectivity index (χ2n) is 3.93. The molecular formula is C13H9BrFNO3. The Morgan fingerprint density at radius 2 is 2.05 bits per heavy atom. The third-order valence-corrected chi connectivity index (χ3v) is 3.03. The first-order valence-corrected chi connectivity index (χ1v) is 6.14. The van der Waals surface area contributed by atoms with Gasteiger partial charge in [-0.15, -0.1) is 0 Å². The molecule has 0 saturated carbocycles. The molecule has 98 valence electrons. The fourth-order valence-electron chi connectivity index (χ4n) is 1.65. The van der Waals surface area contributed by atoms with Gasteiger partial charge < -0.3 is 9.67 Å². The molecule has 1 aromatic carbocycles. The Morgan fingerprint density at radius 1 is 1.32 bits per heavy atom. The van der Waals surface area contributed by atoms with E-state index in [1.807, 2.05) is 0 Å². The maximum absolute atomic E-state index is 13.5. The van der Waals surface area contributed by atoms with Crippen molar-refractivity contribution in [1.29, 1.82) is 0 Å². The van der Waals surface area contributed by atoms with Gasteiger partial charge in [-0.2, -0.15) is 0 Å². The maximum atomic E-state index is 13.5. The largest absolute Gasteiger partial charge is 0.478 e. The molecule has 2 rings (SSSR count). The monoisotopic (exact) mass is 325 g/mol. The predicted octanol–water partition coefficient (Wildman–Crippen LogP) is 2.50. The molecular weight excluding hydrogens is 317 g/mol. The van der Waals surface area contributed by atoms with Gasteiger partial charge in [0, 0.05) is 16.7 Å². The van der Waals surface area contributed by atoms with Crippen LogP contribution < -0.4 is 5.56 Å². The number of halogens is 2. The molecule has 2 aromatic rings. The van der Waals surface area contributed by atoms with Crippen molar-refractivity contribution < 1.29 is 14.3 Å². The lowest BCUT2D eigenvalue weighted by Crippen LogP contribution is -2.19. The van der Waals surface area contributed by atoms with Crippen molar-refractivity contribution in [2.75, 3.05) is 0 Å². The summed E-state index contributed by atoms with van der Waals surface area (Å²) in [5.41, 5.74) is -0.0843. The summed E-state index contributed by atoms with van der Waals surface area (Å²) in [7, 11) is 0. The van der Waals surface area contributed by atoms with E-state index in [2.05, 4.69) is 15.9 Å². The van der Waals surface area contributed by atoms with Crippen molar-refractivity contribution in [3.8, 4) is 0 Å². The predicted molar refractivity (Wildman–Crippen MR) is 70.9 cm³/mol. The zero-order valence-electron chi connectivity index (χ0n) is 9.64. The van der Waals surface area contributed by atoms with Gasteiger partial charge in [0.05, 0.1) is 12.1 Å². The van der Waals surface area contributed by atoms with E-state index in [1.54, 1.807) is 12.3 Å². The van der Waals surface area contributed by atoms with Crippen LogP contribution in [0.15, 0.2) is 45.8 Å². The third kappa shape index (κ3) is 3.08. The maximum Gasteiger partial charge on any atom is 0.338 e. The van der Waals surface area contributed by atoms with E-state index in [-0.39, 0.29) is 17.7 Å². The van der Waals surface area contributed by atoms with Crippen molar-refractivity contribution in [2.24, 2.45) is 0 Å². The highest BCUT2D eigenvalue weighted by atomic mass is 79.9. The van der Waals surface area contributed by atoms with E-state index in [4.69, 9.17) is 5.11 Å². The van der Waals surface area contributed by atoms with E-state index in [1.165, 1.54) is 22.8 Å². The zero-order valence-corrected chi connectivity index (χ0v) is 11.2. The minimum absolute atomic E-state index is 0.176. The first kappa shape index (κ1) is 13.5. The summed E-state index contributed by atoms with van der Waals surface area (Å²) >= 11 is 3.24. The van der Waals surface area contributed by atoms with Crippen molar-refractivity contribution >= 4 is 21.9 Å². The van der Waals surface area contributed by atoms with Crippen LogP contribution in [0.3, 0.4) is 0 Å². The first-order chi connectivity index (χ1) is 8.97. The molecule has 0 bridgehead atoms.